The van der Waals surface area contributed by atoms with E-state index in [2.05, 4.69) is 148 Å². The molecule has 4 rings (SSSR count). The minimum atomic E-state index is -0.435. The summed E-state index contributed by atoms with van der Waals surface area (Å²) >= 11 is 0. The van der Waals surface area contributed by atoms with Crippen molar-refractivity contribution < 1.29 is 4.57 Å². The molecule has 2 nitrogen and oxygen atoms in total. The maximum absolute atomic E-state index is 2.40. The summed E-state index contributed by atoms with van der Waals surface area (Å²) in [5, 5.41) is 2.96. The molecule has 0 spiro atoms. The Morgan fingerprint density at radius 1 is 0.694 bits per heavy atom. The molecule has 0 aliphatic heterocycles. The normalized spacial score (nSPS) is 12.7. The van der Waals surface area contributed by atoms with Gasteiger partial charge in [0, 0.05) is 11.1 Å². The number of hydrogen-bond acceptors (Lipinski definition) is 0. The van der Waals surface area contributed by atoms with E-state index in [1.54, 1.807) is 0 Å². The van der Waals surface area contributed by atoms with Crippen molar-refractivity contribution in [2.24, 2.45) is 5.92 Å². The molecule has 0 aliphatic rings. The van der Waals surface area contributed by atoms with E-state index in [0.29, 0.717) is 23.4 Å². The first-order chi connectivity index (χ1) is 17.4. The molecule has 0 amide bonds. The Morgan fingerprint density at radius 3 is 1.69 bits per heavy atom. The van der Waals surface area contributed by atoms with E-state index in [-0.39, 0.29) is 0 Å². The lowest BCUT2D eigenvalue weighted by Crippen LogP contribution is -2.35. The highest BCUT2D eigenvalue weighted by Crippen LogP contribution is 2.44. The highest BCUT2D eigenvalue weighted by atomic mass is 31.1. The molecule has 0 unspecified atom stereocenters. The zero-order valence-corrected chi connectivity index (χ0v) is 23.7. The smallest absolute Gasteiger partial charge is 0.236 e. The van der Waals surface area contributed by atoms with Crippen LogP contribution in [0.5, 0.6) is 0 Å². The van der Waals surface area contributed by atoms with Crippen molar-refractivity contribution in [1.29, 1.82) is 0 Å². The molecule has 0 bridgehead atoms. The Labute approximate surface area is 219 Å². The van der Waals surface area contributed by atoms with Crippen molar-refractivity contribution in [2.75, 3.05) is 0 Å². The minimum Gasteiger partial charge on any atom is -0.236 e. The Kier molecular flexibility index (Phi) is 8.81. The molecule has 0 N–H and O–H groups in total. The zero-order chi connectivity index (χ0) is 25.7. The summed E-state index contributed by atoms with van der Waals surface area (Å²) in [6, 6.07) is 29.1. The Bertz CT molecular complexity index is 1160. The number of para-hydroxylation sites is 1. The van der Waals surface area contributed by atoms with Gasteiger partial charge in [0.05, 0.1) is 6.54 Å². The number of nitrogens with zero attached hydrogens (tertiary/aromatic N) is 2. The minimum absolute atomic E-state index is 0.435. The van der Waals surface area contributed by atoms with Gasteiger partial charge in [-0.3, -0.25) is 0 Å². The van der Waals surface area contributed by atoms with Crippen LogP contribution in [0.3, 0.4) is 0 Å². The maximum Gasteiger partial charge on any atom is 0.248 e. The summed E-state index contributed by atoms with van der Waals surface area (Å²) < 4.78 is 4.74. The summed E-state index contributed by atoms with van der Waals surface area (Å²) in [7, 11) is -0.435. The summed E-state index contributed by atoms with van der Waals surface area (Å²) in [4.78, 5) is 0. The van der Waals surface area contributed by atoms with Gasteiger partial charge in [-0.25, -0.2) is 9.13 Å². The van der Waals surface area contributed by atoms with Crippen LogP contribution in [0, 0.1) is 5.92 Å². The summed E-state index contributed by atoms with van der Waals surface area (Å²) in [6.07, 6.45) is 7.96. The summed E-state index contributed by atoms with van der Waals surface area (Å²) in [5.41, 5.74) is 4.80. The van der Waals surface area contributed by atoms with Crippen molar-refractivity contribution in [1.82, 2.24) is 4.57 Å². The third kappa shape index (κ3) is 5.98. The van der Waals surface area contributed by atoms with Gasteiger partial charge < -0.3 is 0 Å². The zero-order valence-electron chi connectivity index (χ0n) is 22.8. The fourth-order valence-corrected chi connectivity index (χ4v) is 8.24. The Balaban J connectivity index is 1.63. The quantitative estimate of drug-likeness (QED) is 0.158. The SMILES string of the molecule is CC(C)c1cccc(C(C)C)c1-n1cc[n+](CC[C@@H](C(C)C)P(c2ccccc2)c2ccccc2)c1. The standard InChI is InChI=1S/C33H42N2P/c1-25(2)30-18-13-19-31(26(3)4)33(30)35-23-22-34(24-35)21-20-32(27(5)6)36(28-14-9-7-10-15-28)29-16-11-8-12-17-29/h7-19,22-27,32H,20-21H2,1-6H3/q+1/t32-/m0/s1. The summed E-state index contributed by atoms with van der Waals surface area (Å²) in [5.74, 6) is 1.58. The molecule has 1 aromatic heterocycles. The van der Waals surface area contributed by atoms with Crippen molar-refractivity contribution >= 4 is 18.5 Å². The van der Waals surface area contributed by atoms with Crippen LogP contribution in [0.25, 0.3) is 5.69 Å². The molecule has 1 atom stereocenters. The second-order valence-corrected chi connectivity index (χ2v) is 13.2. The van der Waals surface area contributed by atoms with Crippen molar-refractivity contribution in [3.63, 3.8) is 0 Å². The van der Waals surface area contributed by atoms with Crippen molar-refractivity contribution in [3.8, 4) is 5.69 Å². The number of benzene rings is 3. The number of imidazole rings is 1. The van der Waals surface area contributed by atoms with E-state index in [4.69, 9.17) is 0 Å². The third-order valence-corrected chi connectivity index (χ3v) is 10.4. The van der Waals surface area contributed by atoms with Gasteiger partial charge in [-0.2, -0.15) is 0 Å². The van der Waals surface area contributed by atoms with Crippen molar-refractivity contribution in [3.05, 3.63) is 109 Å². The van der Waals surface area contributed by atoms with Gasteiger partial charge in [0.15, 0.2) is 0 Å². The molecule has 36 heavy (non-hydrogen) atoms. The van der Waals surface area contributed by atoms with Crippen LogP contribution in [-0.4, -0.2) is 10.2 Å². The Morgan fingerprint density at radius 2 is 1.22 bits per heavy atom. The molecule has 0 aliphatic carbocycles. The second-order valence-electron chi connectivity index (χ2n) is 10.8. The van der Waals surface area contributed by atoms with Crippen LogP contribution in [0.15, 0.2) is 97.6 Å². The first-order valence-corrected chi connectivity index (χ1v) is 14.9. The first kappa shape index (κ1) is 26.4. The molecule has 1 heterocycles. The van der Waals surface area contributed by atoms with Gasteiger partial charge in [-0.1, -0.05) is 120 Å². The van der Waals surface area contributed by atoms with Crippen LogP contribution in [0.4, 0.5) is 0 Å². The highest BCUT2D eigenvalue weighted by molar-refractivity contribution is 7.73. The van der Waals surface area contributed by atoms with Crippen LogP contribution >= 0.6 is 7.92 Å². The molecular weight excluding hydrogens is 455 g/mol. The average Bonchev–Trinajstić information content (AvgIpc) is 3.35. The first-order valence-electron chi connectivity index (χ1n) is 13.5. The fourth-order valence-electron chi connectivity index (χ4n) is 5.22. The highest BCUT2D eigenvalue weighted by Gasteiger charge is 2.28. The lowest BCUT2D eigenvalue weighted by Gasteiger charge is -2.31. The van der Waals surface area contributed by atoms with Crippen LogP contribution < -0.4 is 15.2 Å². The van der Waals surface area contributed by atoms with Crippen LogP contribution in [0.1, 0.15) is 70.9 Å². The van der Waals surface area contributed by atoms with E-state index in [9.17, 15) is 0 Å². The number of hydrogen-bond donors (Lipinski definition) is 0. The van der Waals surface area contributed by atoms with Gasteiger partial charge in [0.25, 0.3) is 0 Å². The molecular formula is C33H42N2P+. The second kappa shape index (κ2) is 12.0. The van der Waals surface area contributed by atoms with E-state index in [1.807, 2.05) is 0 Å². The maximum atomic E-state index is 2.40. The molecule has 0 saturated carbocycles. The molecule has 0 saturated heterocycles. The van der Waals surface area contributed by atoms with E-state index in [0.717, 1.165) is 13.0 Å². The van der Waals surface area contributed by atoms with Crippen molar-refractivity contribution in [2.45, 2.75) is 72.0 Å². The van der Waals surface area contributed by atoms with E-state index < -0.39 is 7.92 Å². The van der Waals surface area contributed by atoms with Crippen LogP contribution in [0.2, 0.25) is 0 Å². The van der Waals surface area contributed by atoms with E-state index in [1.165, 1.54) is 27.4 Å². The molecule has 3 heteroatoms. The lowest BCUT2D eigenvalue weighted by molar-refractivity contribution is -0.696. The molecule has 3 aromatic carbocycles. The summed E-state index contributed by atoms with van der Waals surface area (Å²) in [6.45, 7) is 15.0. The monoisotopic (exact) mass is 497 g/mol. The van der Waals surface area contributed by atoms with Gasteiger partial charge >= 0.3 is 0 Å². The lowest BCUT2D eigenvalue weighted by atomic mass is 9.92. The average molecular weight is 498 g/mol. The molecule has 188 valence electrons. The van der Waals surface area contributed by atoms with Gasteiger partial charge in [-0.15, -0.1) is 0 Å². The topological polar surface area (TPSA) is 8.81 Å². The van der Waals surface area contributed by atoms with Gasteiger partial charge in [-0.05, 0) is 48.4 Å². The Hall–Kier alpha value is -2.70. The predicted octanol–water partition coefficient (Wildman–Crippen LogP) is 7.56. The number of aromatic nitrogens is 2. The fraction of sp³-hybridized carbons (Fsp3) is 0.364. The van der Waals surface area contributed by atoms with Crippen LogP contribution in [-0.2, 0) is 6.54 Å². The number of rotatable bonds is 10. The van der Waals surface area contributed by atoms with Gasteiger partial charge in [0.1, 0.15) is 18.1 Å². The predicted molar refractivity (Wildman–Crippen MR) is 156 cm³/mol. The third-order valence-electron chi connectivity index (χ3n) is 7.15. The molecule has 4 aromatic rings. The largest absolute Gasteiger partial charge is 0.248 e. The number of aryl methyl sites for hydroxylation is 1. The van der Waals surface area contributed by atoms with Gasteiger partial charge in [0.2, 0.25) is 6.33 Å². The van der Waals surface area contributed by atoms with E-state index >= 15 is 0 Å². The molecule has 0 radical (unpaired) electrons. The molecule has 0 fully saturated rings.